The summed E-state index contributed by atoms with van der Waals surface area (Å²) in [5.41, 5.74) is 3.30. The van der Waals surface area contributed by atoms with Crippen molar-refractivity contribution in [2.75, 3.05) is 0 Å². The summed E-state index contributed by atoms with van der Waals surface area (Å²) in [4.78, 5) is 27.0. The van der Waals surface area contributed by atoms with Gasteiger partial charge in [0.1, 0.15) is 11.6 Å². The van der Waals surface area contributed by atoms with Crippen LogP contribution in [0.5, 0.6) is 0 Å². The van der Waals surface area contributed by atoms with E-state index >= 15 is 0 Å². The number of rotatable bonds is 4. The minimum Gasteiger partial charge on any atom is -0.444 e. The number of fused-ring (bicyclic) bond motifs is 1. The van der Waals surface area contributed by atoms with Crippen LogP contribution in [0.2, 0.25) is 0 Å². The molecular weight excluding hydrogens is 296 g/mol. The maximum absolute atomic E-state index is 12.0. The monoisotopic (exact) mass is 318 g/mol. The minimum absolute atomic E-state index is 0.298. The summed E-state index contributed by atoms with van der Waals surface area (Å²) in [5.74, 6) is 4.73. The topological polar surface area (TPSA) is 109 Å². The summed E-state index contributed by atoms with van der Waals surface area (Å²) in [6.07, 6.45) is 1.45. The number of ether oxygens (including phenoxy) is 1. The molecule has 0 bridgehead atoms. The van der Waals surface area contributed by atoms with Crippen LogP contribution in [0, 0.1) is 0 Å². The Morgan fingerprint density at radius 2 is 2.00 bits per heavy atom. The van der Waals surface area contributed by atoms with E-state index in [1.54, 1.807) is 20.8 Å². The van der Waals surface area contributed by atoms with Crippen molar-refractivity contribution in [3.8, 4) is 0 Å². The SMILES string of the molecule is CC(C)(C)OC(=O)NC(Cc1c[nH]c2ccccc12)C(=O)NN. The number of hydrogen-bond acceptors (Lipinski definition) is 4. The number of hydrogen-bond donors (Lipinski definition) is 4. The van der Waals surface area contributed by atoms with Gasteiger partial charge in [-0.05, 0) is 32.4 Å². The molecule has 1 atom stereocenters. The second-order valence-electron chi connectivity index (χ2n) is 6.27. The largest absolute Gasteiger partial charge is 0.444 e. The number of alkyl carbamates (subject to hydrolysis) is 1. The molecule has 1 unspecified atom stereocenters. The highest BCUT2D eigenvalue weighted by molar-refractivity contribution is 5.88. The predicted octanol–water partition coefficient (Wildman–Crippen LogP) is 1.59. The van der Waals surface area contributed by atoms with Crippen molar-refractivity contribution >= 4 is 22.9 Å². The summed E-state index contributed by atoms with van der Waals surface area (Å²) in [7, 11) is 0. The molecule has 1 aromatic heterocycles. The summed E-state index contributed by atoms with van der Waals surface area (Å²) < 4.78 is 5.19. The van der Waals surface area contributed by atoms with E-state index < -0.39 is 23.6 Å². The fraction of sp³-hybridized carbons (Fsp3) is 0.375. The van der Waals surface area contributed by atoms with Gasteiger partial charge in [-0.2, -0.15) is 0 Å². The third kappa shape index (κ3) is 4.46. The number of H-pyrrole nitrogens is 1. The van der Waals surface area contributed by atoms with Gasteiger partial charge in [0.05, 0.1) is 0 Å². The molecule has 23 heavy (non-hydrogen) atoms. The average Bonchev–Trinajstić information content (AvgIpc) is 2.87. The Kier molecular flexibility index (Phi) is 4.90. The first kappa shape index (κ1) is 16.8. The molecule has 124 valence electrons. The lowest BCUT2D eigenvalue weighted by Gasteiger charge is -2.22. The fourth-order valence-corrected chi connectivity index (χ4v) is 2.28. The van der Waals surface area contributed by atoms with E-state index in [1.165, 1.54) is 0 Å². The molecule has 0 aliphatic rings. The van der Waals surface area contributed by atoms with Crippen molar-refractivity contribution in [1.82, 2.24) is 15.7 Å². The molecule has 0 aliphatic carbocycles. The third-order valence-corrected chi connectivity index (χ3v) is 3.25. The first-order chi connectivity index (χ1) is 10.8. The molecule has 0 spiro atoms. The van der Waals surface area contributed by atoms with Crippen molar-refractivity contribution in [3.05, 3.63) is 36.0 Å². The predicted molar refractivity (Wildman–Crippen MR) is 87.5 cm³/mol. The second kappa shape index (κ2) is 6.70. The number of benzene rings is 1. The summed E-state index contributed by atoms with van der Waals surface area (Å²) >= 11 is 0. The quantitative estimate of drug-likeness (QED) is 0.390. The molecule has 0 aliphatic heterocycles. The highest BCUT2D eigenvalue weighted by Gasteiger charge is 2.25. The molecule has 1 heterocycles. The molecule has 0 saturated heterocycles. The molecule has 2 aromatic rings. The number of carbonyl (C=O) groups is 2. The van der Waals surface area contributed by atoms with Crippen LogP contribution in [-0.2, 0) is 16.0 Å². The van der Waals surface area contributed by atoms with Crippen LogP contribution >= 0.6 is 0 Å². The number of hydrazine groups is 1. The Hall–Kier alpha value is -2.54. The van der Waals surface area contributed by atoms with Crippen LogP contribution in [0.3, 0.4) is 0 Å². The number of aromatic nitrogens is 1. The zero-order valence-corrected chi connectivity index (χ0v) is 13.5. The van der Waals surface area contributed by atoms with Crippen molar-refractivity contribution in [2.45, 2.75) is 38.8 Å². The molecule has 7 nitrogen and oxygen atoms in total. The number of aromatic amines is 1. The fourth-order valence-electron chi connectivity index (χ4n) is 2.28. The van der Waals surface area contributed by atoms with E-state index in [2.05, 4.69) is 15.7 Å². The lowest BCUT2D eigenvalue weighted by molar-refractivity contribution is -0.123. The Balaban J connectivity index is 2.16. The van der Waals surface area contributed by atoms with Gasteiger partial charge >= 0.3 is 6.09 Å². The second-order valence-corrected chi connectivity index (χ2v) is 6.27. The van der Waals surface area contributed by atoms with Crippen LogP contribution in [-0.4, -0.2) is 28.6 Å². The number of nitrogens with one attached hydrogen (secondary N) is 3. The molecule has 5 N–H and O–H groups in total. The normalized spacial score (nSPS) is 12.7. The van der Waals surface area contributed by atoms with Gasteiger partial charge in [-0.3, -0.25) is 10.2 Å². The Bertz CT molecular complexity index is 703. The Labute approximate surface area is 134 Å². The van der Waals surface area contributed by atoms with Gasteiger partial charge in [0.15, 0.2) is 0 Å². The van der Waals surface area contributed by atoms with Crippen LogP contribution in [0.25, 0.3) is 10.9 Å². The summed E-state index contributed by atoms with van der Waals surface area (Å²) in [5, 5.41) is 3.55. The smallest absolute Gasteiger partial charge is 0.408 e. The lowest BCUT2D eigenvalue weighted by Crippen LogP contribution is -2.51. The van der Waals surface area contributed by atoms with Crippen molar-refractivity contribution in [3.63, 3.8) is 0 Å². The van der Waals surface area contributed by atoms with Gasteiger partial charge < -0.3 is 15.0 Å². The Morgan fingerprint density at radius 3 is 2.65 bits per heavy atom. The number of amides is 2. The molecule has 2 amide bonds. The van der Waals surface area contributed by atoms with Crippen LogP contribution < -0.4 is 16.6 Å². The Morgan fingerprint density at radius 1 is 1.30 bits per heavy atom. The van der Waals surface area contributed by atoms with Gasteiger partial charge in [-0.1, -0.05) is 18.2 Å². The van der Waals surface area contributed by atoms with Crippen LogP contribution in [0.4, 0.5) is 4.79 Å². The maximum Gasteiger partial charge on any atom is 0.408 e. The van der Waals surface area contributed by atoms with Gasteiger partial charge in [-0.15, -0.1) is 0 Å². The third-order valence-electron chi connectivity index (χ3n) is 3.25. The highest BCUT2D eigenvalue weighted by Crippen LogP contribution is 2.19. The first-order valence-corrected chi connectivity index (χ1v) is 7.35. The van der Waals surface area contributed by atoms with Gasteiger partial charge in [0.25, 0.3) is 5.91 Å². The van der Waals surface area contributed by atoms with Crippen molar-refractivity contribution < 1.29 is 14.3 Å². The lowest BCUT2D eigenvalue weighted by atomic mass is 10.0. The molecule has 0 fully saturated rings. The highest BCUT2D eigenvalue weighted by atomic mass is 16.6. The van der Waals surface area contributed by atoms with E-state index in [9.17, 15) is 9.59 Å². The van der Waals surface area contributed by atoms with E-state index in [-0.39, 0.29) is 0 Å². The molecule has 0 radical (unpaired) electrons. The summed E-state index contributed by atoms with van der Waals surface area (Å²) in [6.45, 7) is 5.26. The molecule has 1 aromatic carbocycles. The van der Waals surface area contributed by atoms with Crippen LogP contribution in [0.15, 0.2) is 30.5 Å². The van der Waals surface area contributed by atoms with E-state index in [4.69, 9.17) is 10.6 Å². The van der Waals surface area contributed by atoms with Crippen molar-refractivity contribution in [1.29, 1.82) is 0 Å². The number of nitrogens with two attached hydrogens (primary N) is 1. The number of para-hydroxylation sites is 1. The molecule has 2 rings (SSSR count). The molecule has 0 saturated carbocycles. The minimum atomic E-state index is -0.825. The standard InChI is InChI=1S/C16H22N4O3/c1-16(2,3)23-15(22)19-13(14(21)20-17)8-10-9-18-12-7-5-4-6-11(10)12/h4-7,9,13,18H,8,17H2,1-3H3,(H,19,22)(H,20,21). The zero-order chi connectivity index (χ0) is 17.0. The van der Waals surface area contributed by atoms with Crippen molar-refractivity contribution in [2.24, 2.45) is 5.84 Å². The van der Waals surface area contributed by atoms with E-state index in [1.807, 2.05) is 30.5 Å². The maximum atomic E-state index is 12.0. The van der Waals surface area contributed by atoms with E-state index in [0.717, 1.165) is 16.5 Å². The first-order valence-electron chi connectivity index (χ1n) is 7.35. The van der Waals surface area contributed by atoms with Crippen LogP contribution in [0.1, 0.15) is 26.3 Å². The van der Waals surface area contributed by atoms with Gasteiger partial charge in [0, 0.05) is 23.5 Å². The zero-order valence-electron chi connectivity index (χ0n) is 13.5. The summed E-state index contributed by atoms with van der Waals surface area (Å²) in [6, 6.07) is 6.91. The molecular formula is C16H22N4O3. The molecule has 7 heteroatoms. The average molecular weight is 318 g/mol. The number of carbonyl (C=O) groups excluding carboxylic acids is 2. The van der Waals surface area contributed by atoms with Gasteiger partial charge in [0.2, 0.25) is 0 Å². The van der Waals surface area contributed by atoms with Gasteiger partial charge in [-0.25, -0.2) is 10.6 Å². The van der Waals surface area contributed by atoms with E-state index in [0.29, 0.717) is 6.42 Å².